The number of ether oxygens (including phenoxy) is 3. The zero-order valence-corrected chi connectivity index (χ0v) is 20.5. The number of halogens is 3. The number of alkyl halides is 3. The zero-order chi connectivity index (χ0) is 27.4. The lowest BCUT2D eigenvalue weighted by atomic mass is 9.95. The minimum Gasteiger partial charge on any atom is -0.507 e. The summed E-state index contributed by atoms with van der Waals surface area (Å²) in [7, 11) is 1.49. The molecule has 1 N–H and O–H groups in total. The maximum atomic E-state index is 13.3. The van der Waals surface area contributed by atoms with Crippen molar-refractivity contribution in [1.29, 1.82) is 0 Å². The quantitative estimate of drug-likeness (QED) is 0.220. The smallest absolute Gasteiger partial charge is 0.507 e. The minimum atomic E-state index is -4.89. The summed E-state index contributed by atoms with van der Waals surface area (Å²) in [5, 5.41) is 11.3. The molecule has 0 radical (unpaired) electrons. The average Bonchev–Trinajstić information content (AvgIpc) is 3.17. The Morgan fingerprint density at radius 2 is 1.61 bits per heavy atom. The molecule has 7 nitrogen and oxygen atoms in total. The lowest BCUT2D eigenvalue weighted by Crippen LogP contribution is -2.29. The molecule has 0 aromatic heterocycles. The molecule has 0 aliphatic carbocycles. The molecule has 0 spiro atoms. The van der Waals surface area contributed by atoms with E-state index < -0.39 is 35.6 Å². The second kappa shape index (κ2) is 10.9. The number of methoxy groups -OCH3 is 1. The second-order valence-electron chi connectivity index (χ2n) is 8.36. The van der Waals surface area contributed by atoms with Crippen LogP contribution in [-0.4, -0.2) is 36.9 Å². The Hall–Kier alpha value is -4.47. The summed E-state index contributed by atoms with van der Waals surface area (Å²) in [5.74, 6) is -1.78. The third-order valence-corrected chi connectivity index (χ3v) is 5.80. The van der Waals surface area contributed by atoms with Gasteiger partial charge in [-0.1, -0.05) is 31.2 Å². The summed E-state index contributed by atoms with van der Waals surface area (Å²) < 4.78 is 52.6. The molecule has 1 heterocycles. The molecule has 1 saturated heterocycles. The number of aliphatic hydroxyl groups excluding tert-OH is 1. The van der Waals surface area contributed by atoms with Crippen molar-refractivity contribution in [2.45, 2.75) is 25.7 Å². The number of amides is 1. The van der Waals surface area contributed by atoms with Crippen molar-refractivity contribution in [2.24, 2.45) is 0 Å². The Morgan fingerprint density at radius 1 is 0.947 bits per heavy atom. The van der Waals surface area contributed by atoms with Crippen LogP contribution in [0.3, 0.4) is 0 Å². The van der Waals surface area contributed by atoms with Gasteiger partial charge < -0.3 is 19.3 Å². The van der Waals surface area contributed by atoms with E-state index in [0.717, 1.165) is 23.5 Å². The third kappa shape index (κ3) is 5.59. The zero-order valence-electron chi connectivity index (χ0n) is 20.5. The first-order valence-electron chi connectivity index (χ1n) is 11.7. The maximum Gasteiger partial charge on any atom is 0.573 e. The van der Waals surface area contributed by atoms with Gasteiger partial charge in [-0.2, -0.15) is 0 Å². The van der Waals surface area contributed by atoms with Gasteiger partial charge in [0.25, 0.3) is 11.7 Å². The highest BCUT2D eigenvalue weighted by molar-refractivity contribution is 6.51. The summed E-state index contributed by atoms with van der Waals surface area (Å²) in [6.07, 6.45) is -4.12. The average molecular weight is 527 g/mol. The highest BCUT2D eigenvalue weighted by Crippen LogP contribution is 2.43. The Labute approximate surface area is 216 Å². The van der Waals surface area contributed by atoms with E-state index in [1.807, 2.05) is 6.92 Å². The van der Waals surface area contributed by atoms with E-state index in [0.29, 0.717) is 23.7 Å². The van der Waals surface area contributed by atoms with Gasteiger partial charge in [0.15, 0.2) is 0 Å². The van der Waals surface area contributed by atoms with Crippen molar-refractivity contribution in [3.63, 3.8) is 0 Å². The van der Waals surface area contributed by atoms with Crippen LogP contribution in [0.4, 0.5) is 18.9 Å². The van der Waals surface area contributed by atoms with Crippen LogP contribution in [0.15, 0.2) is 78.4 Å². The van der Waals surface area contributed by atoms with Crippen LogP contribution in [0.1, 0.15) is 30.5 Å². The first-order chi connectivity index (χ1) is 18.1. The van der Waals surface area contributed by atoms with Gasteiger partial charge in [0.05, 0.1) is 25.3 Å². The lowest BCUT2D eigenvalue weighted by Gasteiger charge is -2.26. The number of ketones is 1. The van der Waals surface area contributed by atoms with Crippen LogP contribution in [-0.2, 0) is 9.59 Å². The van der Waals surface area contributed by atoms with E-state index in [-0.39, 0.29) is 16.8 Å². The van der Waals surface area contributed by atoms with Crippen molar-refractivity contribution in [3.8, 4) is 17.2 Å². The summed E-state index contributed by atoms with van der Waals surface area (Å²) >= 11 is 0. The predicted octanol–water partition coefficient (Wildman–Crippen LogP) is 6.01. The fourth-order valence-corrected chi connectivity index (χ4v) is 4.12. The molecule has 1 aliphatic heterocycles. The molecule has 1 atom stereocenters. The van der Waals surface area contributed by atoms with Crippen LogP contribution in [0, 0.1) is 0 Å². The maximum absolute atomic E-state index is 13.3. The van der Waals surface area contributed by atoms with E-state index in [2.05, 4.69) is 4.74 Å². The molecule has 10 heteroatoms. The summed E-state index contributed by atoms with van der Waals surface area (Å²) in [6, 6.07) is 16.5. The minimum absolute atomic E-state index is 0.140. The molecule has 38 heavy (non-hydrogen) atoms. The van der Waals surface area contributed by atoms with Gasteiger partial charge >= 0.3 is 6.36 Å². The Morgan fingerprint density at radius 3 is 2.21 bits per heavy atom. The Bertz CT molecular complexity index is 1350. The summed E-state index contributed by atoms with van der Waals surface area (Å²) in [6.45, 7) is 2.40. The molecule has 1 unspecified atom stereocenters. The molecule has 0 saturated carbocycles. The number of benzene rings is 3. The SMILES string of the molecule is CCCOc1cccc(/C(O)=C2/C(=O)C(=O)N(c3ccc(OC(F)(F)F)cc3)C2c2ccc(OC)cc2)c1. The van der Waals surface area contributed by atoms with Gasteiger partial charge in [0.2, 0.25) is 0 Å². The normalized spacial score (nSPS) is 17.0. The summed E-state index contributed by atoms with van der Waals surface area (Å²) in [5.41, 5.74) is 0.703. The molecular weight excluding hydrogens is 503 g/mol. The predicted molar refractivity (Wildman–Crippen MR) is 133 cm³/mol. The van der Waals surface area contributed by atoms with Gasteiger partial charge in [-0.25, -0.2) is 0 Å². The molecule has 3 aromatic carbocycles. The standard InChI is InChI=1S/C28H24F3NO6/c1-3-15-37-22-6-4-5-18(16-22)25(33)23-24(17-7-11-20(36-2)12-8-17)32(27(35)26(23)34)19-9-13-21(14-10-19)38-28(29,30)31/h4-14,16,24,33H,3,15H2,1-2H3/b25-23-. The van der Waals surface area contributed by atoms with E-state index in [1.165, 1.54) is 19.2 Å². The van der Waals surface area contributed by atoms with Crippen molar-refractivity contribution < 1.29 is 42.1 Å². The second-order valence-corrected chi connectivity index (χ2v) is 8.36. The Balaban J connectivity index is 1.83. The van der Waals surface area contributed by atoms with Crippen LogP contribution < -0.4 is 19.1 Å². The van der Waals surface area contributed by atoms with Gasteiger partial charge in [0.1, 0.15) is 23.0 Å². The van der Waals surface area contributed by atoms with Gasteiger partial charge in [-0.05, 0) is 60.5 Å². The number of nitrogens with zero attached hydrogens (tertiary/aromatic N) is 1. The fraction of sp³-hybridized carbons (Fsp3) is 0.214. The highest BCUT2D eigenvalue weighted by atomic mass is 19.4. The molecule has 198 valence electrons. The molecular formula is C28H24F3NO6. The molecule has 1 fully saturated rings. The summed E-state index contributed by atoms with van der Waals surface area (Å²) in [4.78, 5) is 27.7. The molecule has 4 rings (SSSR count). The topological polar surface area (TPSA) is 85.3 Å². The van der Waals surface area contributed by atoms with E-state index >= 15 is 0 Å². The molecule has 1 aliphatic rings. The number of carbonyl (C=O) groups is 2. The first-order valence-corrected chi connectivity index (χ1v) is 11.7. The van der Waals surface area contributed by atoms with E-state index in [1.54, 1.807) is 48.5 Å². The number of Topliss-reactive ketones (excluding diaryl/α,β-unsaturated/α-hetero) is 1. The van der Waals surface area contributed by atoms with Gasteiger partial charge in [0, 0.05) is 11.3 Å². The number of hydrogen-bond acceptors (Lipinski definition) is 6. The van der Waals surface area contributed by atoms with E-state index in [4.69, 9.17) is 9.47 Å². The number of aliphatic hydroxyl groups is 1. The van der Waals surface area contributed by atoms with Crippen LogP contribution in [0.25, 0.3) is 5.76 Å². The van der Waals surface area contributed by atoms with Crippen LogP contribution in [0.5, 0.6) is 17.2 Å². The van der Waals surface area contributed by atoms with Crippen molar-refractivity contribution >= 4 is 23.1 Å². The number of anilines is 1. The number of hydrogen-bond donors (Lipinski definition) is 1. The van der Waals surface area contributed by atoms with Crippen molar-refractivity contribution in [2.75, 3.05) is 18.6 Å². The fourth-order valence-electron chi connectivity index (χ4n) is 4.12. The van der Waals surface area contributed by atoms with Gasteiger partial charge in [-0.15, -0.1) is 13.2 Å². The largest absolute Gasteiger partial charge is 0.573 e. The van der Waals surface area contributed by atoms with E-state index in [9.17, 15) is 27.9 Å². The molecule has 1 amide bonds. The van der Waals surface area contributed by atoms with Gasteiger partial charge in [-0.3, -0.25) is 14.5 Å². The monoisotopic (exact) mass is 527 g/mol. The number of carbonyl (C=O) groups excluding carboxylic acids is 2. The number of rotatable bonds is 8. The molecule has 3 aromatic rings. The first kappa shape index (κ1) is 26.6. The third-order valence-electron chi connectivity index (χ3n) is 5.80. The molecule has 0 bridgehead atoms. The lowest BCUT2D eigenvalue weighted by molar-refractivity contribution is -0.274. The Kier molecular flexibility index (Phi) is 7.61. The van der Waals surface area contributed by atoms with Crippen LogP contribution in [0.2, 0.25) is 0 Å². The highest BCUT2D eigenvalue weighted by Gasteiger charge is 2.47. The van der Waals surface area contributed by atoms with Crippen LogP contribution >= 0.6 is 0 Å². The van der Waals surface area contributed by atoms with Crippen molar-refractivity contribution in [3.05, 3.63) is 89.5 Å². The van der Waals surface area contributed by atoms with Crippen molar-refractivity contribution in [1.82, 2.24) is 0 Å².